The number of rotatable bonds is 6. The Labute approximate surface area is 215 Å². The van der Waals surface area contributed by atoms with Crippen LogP contribution in [-0.2, 0) is 28.7 Å². The van der Waals surface area contributed by atoms with Gasteiger partial charge in [0.25, 0.3) is 5.91 Å². The molecule has 7 N–H and O–H groups in total. The molecular weight excluding hydrogens is 509 g/mol. The van der Waals surface area contributed by atoms with Gasteiger partial charge in [-0.15, -0.1) is 0 Å². The van der Waals surface area contributed by atoms with Crippen molar-refractivity contribution >= 4 is 17.5 Å². The van der Waals surface area contributed by atoms with Crippen molar-refractivity contribution < 1.29 is 48.0 Å². The van der Waals surface area contributed by atoms with Crippen LogP contribution in [0.25, 0.3) is 0 Å². The smallest absolute Gasteiger partial charge is 0.417 e. The van der Waals surface area contributed by atoms with Crippen LogP contribution in [0, 0.1) is 17.8 Å². The van der Waals surface area contributed by atoms with Gasteiger partial charge < -0.3 is 31.5 Å². The van der Waals surface area contributed by atoms with Crippen molar-refractivity contribution in [2.24, 2.45) is 23.5 Å². The first-order chi connectivity index (χ1) is 17.6. The van der Waals surface area contributed by atoms with Crippen molar-refractivity contribution in [1.82, 2.24) is 5.32 Å². The number of hydrogen-bond donors (Lipinski definition) is 6. The molecule has 4 rings (SSSR count). The molecule has 0 aliphatic heterocycles. The highest BCUT2D eigenvalue weighted by molar-refractivity contribution is 6.24. The molecule has 0 aromatic heterocycles. The number of halogens is 3. The summed E-state index contributed by atoms with van der Waals surface area (Å²) in [4.78, 5) is 38.1. The van der Waals surface area contributed by atoms with E-state index in [9.17, 15) is 48.0 Å². The standard InChI is InChI=1S/C26H29F3N2O7/c1-10(2)3-4-31-9-12-7-15(32)18-14(20(12)26(27,28)29)6-11-5-13-8-16(33)19(24(30)37)23(36)25(13,38)22(35)17(11)21(18)34/h7,10-11,13,31-33,35,38H,3-6,8-9H2,1-2H3,(H2,30,37)/t11?,13-,25-/m0/s1. The Morgan fingerprint density at radius 2 is 1.87 bits per heavy atom. The summed E-state index contributed by atoms with van der Waals surface area (Å²) in [6, 6.07) is 0.859. The number of fused-ring (bicyclic) bond motifs is 3. The molecule has 0 radical (unpaired) electrons. The Balaban J connectivity index is 1.83. The van der Waals surface area contributed by atoms with Gasteiger partial charge >= 0.3 is 6.18 Å². The van der Waals surface area contributed by atoms with Crippen LogP contribution < -0.4 is 11.1 Å². The van der Waals surface area contributed by atoms with Gasteiger partial charge in [0.2, 0.25) is 5.78 Å². The highest BCUT2D eigenvalue weighted by Crippen LogP contribution is 2.53. The van der Waals surface area contributed by atoms with Crippen molar-refractivity contribution in [3.8, 4) is 5.75 Å². The number of benzene rings is 1. The Morgan fingerprint density at radius 3 is 2.45 bits per heavy atom. The molecule has 3 aliphatic rings. The minimum atomic E-state index is -4.87. The molecule has 12 heteroatoms. The van der Waals surface area contributed by atoms with Crippen LogP contribution in [0.2, 0.25) is 0 Å². The van der Waals surface area contributed by atoms with Crippen molar-refractivity contribution in [1.29, 1.82) is 0 Å². The number of phenolic OH excluding ortho intramolecular Hbond substituents is 1. The number of aliphatic hydroxyl groups excluding tert-OH is 2. The molecule has 0 saturated carbocycles. The van der Waals surface area contributed by atoms with Crippen LogP contribution in [0.4, 0.5) is 13.2 Å². The number of ketones is 2. The maximum Gasteiger partial charge on any atom is 0.417 e. The number of primary amides is 1. The zero-order chi connectivity index (χ0) is 28.3. The van der Waals surface area contributed by atoms with Gasteiger partial charge in [0.1, 0.15) is 22.8 Å². The van der Waals surface area contributed by atoms with Crippen molar-refractivity contribution in [3.63, 3.8) is 0 Å². The predicted molar refractivity (Wildman–Crippen MR) is 127 cm³/mol. The topological polar surface area (TPSA) is 170 Å². The molecule has 1 aromatic carbocycles. The second kappa shape index (κ2) is 9.42. The van der Waals surface area contributed by atoms with Crippen molar-refractivity contribution in [2.45, 2.75) is 57.9 Å². The third-order valence-electron chi connectivity index (χ3n) is 7.64. The summed E-state index contributed by atoms with van der Waals surface area (Å²) in [5.74, 6) is -8.41. The van der Waals surface area contributed by atoms with E-state index in [-0.39, 0.29) is 18.5 Å². The largest absolute Gasteiger partial charge is 0.511 e. The molecule has 0 spiro atoms. The number of hydrogen-bond acceptors (Lipinski definition) is 8. The van der Waals surface area contributed by atoms with E-state index in [1.54, 1.807) is 0 Å². The Bertz CT molecular complexity index is 1300. The molecule has 9 nitrogen and oxygen atoms in total. The van der Waals surface area contributed by atoms with E-state index in [2.05, 4.69) is 5.32 Å². The van der Waals surface area contributed by atoms with E-state index in [0.717, 1.165) is 6.07 Å². The number of carbonyl (C=O) groups is 3. The Hall–Kier alpha value is -3.38. The van der Waals surface area contributed by atoms with Gasteiger partial charge in [0.15, 0.2) is 11.4 Å². The van der Waals surface area contributed by atoms with Gasteiger partial charge in [0.05, 0.1) is 11.1 Å². The van der Waals surface area contributed by atoms with Crippen molar-refractivity contribution in [2.75, 3.05) is 6.54 Å². The molecular formula is C26H29F3N2O7. The lowest BCUT2D eigenvalue weighted by Crippen LogP contribution is -2.57. The Morgan fingerprint density at radius 1 is 1.21 bits per heavy atom. The number of phenols is 1. The minimum Gasteiger partial charge on any atom is -0.511 e. The molecule has 0 bridgehead atoms. The van der Waals surface area contributed by atoms with Crippen LogP contribution in [0.3, 0.4) is 0 Å². The summed E-state index contributed by atoms with van der Waals surface area (Å²) in [6.45, 7) is 4.17. The fourth-order valence-electron chi connectivity index (χ4n) is 5.87. The molecule has 206 valence electrons. The lowest BCUT2D eigenvalue weighted by atomic mass is 9.60. The molecule has 3 atom stereocenters. The second-order valence-corrected chi connectivity index (χ2v) is 10.6. The zero-order valence-corrected chi connectivity index (χ0v) is 20.8. The molecule has 38 heavy (non-hydrogen) atoms. The summed E-state index contributed by atoms with van der Waals surface area (Å²) in [7, 11) is 0. The van der Waals surface area contributed by atoms with Crippen LogP contribution in [-0.4, -0.2) is 50.0 Å². The number of nitrogens with two attached hydrogens (primary N) is 1. The van der Waals surface area contributed by atoms with Crippen LogP contribution in [0.15, 0.2) is 28.7 Å². The normalized spacial score (nSPS) is 25.4. The van der Waals surface area contributed by atoms with Gasteiger partial charge in [-0.05, 0) is 54.8 Å². The first-order valence-corrected chi connectivity index (χ1v) is 12.2. The summed E-state index contributed by atoms with van der Waals surface area (Å²) >= 11 is 0. The molecule has 1 unspecified atom stereocenters. The fourth-order valence-corrected chi connectivity index (χ4v) is 5.87. The molecule has 0 heterocycles. The minimum absolute atomic E-state index is 0.208. The van der Waals surface area contributed by atoms with Crippen molar-refractivity contribution in [3.05, 3.63) is 51.0 Å². The summed E-state index contributed by atoms with van der Waals surface area (Å²) in [5.41, 5.74) is -1.47. The van der Waals surface area contributed by atoms with Gasteiger partial charge in [0, 0.05) is 24.5 Å². The van der Waals surface area contributed by atoms with E-state index < -0.39 is 99.0 Å². The summed E-state index contributed by atoms with van der Waals surface area (Å²) < 4.78 is 43.0. The average Bonchev–Trinajstić information content (AvgIpc) is 2.77. The molecule has 0 saturated heterocycles. The van der Waals surface area contributed by atoms with Crippen LogP contribution in [0.1, 0.15) is 60.2 Å². The van der Waals surface area contributed by atoms with Crippen LogP contribution >= 0.6 is 0 Å². The highest BCUT2D eigenvalue weighted by atomic mass is 19.4. The van der Waals surface area contributed by atoms with E-state index >= 15 is 0 Å². The van der Waals surface area contributed by atoms with E-state index in [0.29, 0.717) is 18.9 Å². The quantitative estimate of drug-likeness (QED) is 0.237. The number of aromatic hydroxyl groups is 1. The number of carbonyl (C=O) groups excluding carboxylic acids is 3. The highest BCUT2D eigenvalue weighted by Gasteiger charge is 2.60. The number of nitrogens with one attached hydrogen (secondary N) is 1. The average molecular weight is 539 g/mol. The summed E-state index contributed by atoms with van der Waals surface area (Å²) in [6.07, 6.45) is -5.29. The van der Waals surface area contributed by atoms with Crippen LogP contribution in [0.5, 0.6) is 5.75 Å². The number of alkyl halides is 3. The predicted octanol–water partition coefficient (Wildman–Crippen LogP) is 2.73. The molecule has 1 amide bonds. The molecule has 0 fully saturated rings. The number of Topliss-reactive ketones (excluding diaryl/α,β-unsaturated/α-hetero) is 2. The molecule has 3 aliphatic carbocycles. The monoisotopic (exact) mass is 538 g/mol. The van der Waals surface area contributed by atoms with Gasteiger partial charge in [-0.1, -0.05) is 13.8 Å². The van der Waals surface area contributed by atoms with Gasteiger partial charge in [-0.2, -0.15) is 13.2 Å². The number of amides is 1. The first kappa shape index (κ1) is 27.6. The van der Waals surface area contributed by atoms with Gasteiger partial charge in [-0.3, -0.25) is 14.4 Å². The Kier molecular flexibility index (Phi) is 6.86. The number of aliphatic hydroxyl groups is 3. The van der Waals surface area contributed by atoms with E-state index in [4.69, 9.17) is 5.73 Å². The van der Waals surface area contributed by atoms with E-state index in [1.807, 2.05) is 13.8 Å². The summed E-state index contributed by atoms with van der Waals surface area (Å²) in [5, 5.41) is 46.0. The van der Waals surface area contributed by atoms with E-state index in [1.165, 1.54) is 0 Å². The lowest BCUT2D eigenvalue weighted by molar-refractivity contribution is -0.144. The maximum absolute atomic E-state index is 14.3. The maximum atomic E-state index is 14.3. The second-order valence-electron chi connectivity index (χ2n) is 10.6. The SMILES string of the molecule is CC(C)CCNCc1cc(O)c2c(c1C(F)(F)F)CC1C[C@H]3CC(O)=C(C(N)=O)C(=O)[C@@]3(O)C(O)=C1C2=O. The third-order valence-corrected chi connectivity index (χ3v) is 7.64. The fraction of sp³-hybridized carbons (Fsp3) is 0.500. The zero-order valence-electron chi connectivity index (χ0n) is 20.8. The van der Waals surface area contributed by atoms with Gasteiger partial charge in [-0.25, -0.2) is 0 Å². The lowest BCUT2D eigenvalue weighted by Gasteiger charge is -2.45. The molecule has 1 aromatic rings. The third kappa shape index (κ3) is 4.25. The number of allylic oxidation sites excluding steroid dienone is 2. The first-order valence-electron chi connectivity index (χ1n) is 12.2.